The summed E-state index contributed by atoms with van der Waals surface area (Å²) in [5.74, 6) is -0.556. The molecule has 0 atom stereocenters. The minimum Gasteiger partial charge on any atom is -0.294 e. The Morgan fingerprint density at radius 2 is 1.86 bits per heavy atom. The lowest BCUT2D eigenvalue weighted by Crippen LogP contribution is -2.06. The van der Waals surface area contributed by atoms with E-state index < -0.39 is 5.82 Å². The fraction of sp³-hybridized carbons (Fsp3) is 0.278. The highest BCUT2D eigenvalue weighted by molar-refractivity contribution is 6.31. The van der Waals surface area contributed by atoms with Crippen LogP contribution in [0.15, 0.2) is 42.5 Å². The fourth-order valence-electron chi connectivity index (χ4n) is 2.20. The molecule has 0 radical (unpaired) electrons. The largest absolute Gasteiger partial charge is 0.294 e. The number of aryl methyl sites for hydroxylation is 1. The van der Waals surface area contributed by atoms with Crippen LogP contribution >= 0.6 is 11.6 Å². The summed E-state index contributed by atoms with van der Waals surface area (Å²) in [5, 5.41) is 0.294. The first-order valence-electron chi connectivity index (χ1n) is 7.17. The number of hydrogen-bond donors (Lipinski definition) is 0. The minimum atomic E-state index is -0.435. The van der Waals surface area contributed by atoms with E-state index in [1.54, 1.807) is 6.07 Å². The molecule has 0 aliphatic heterocycles. The highest BCUT2D eigenvalue weighted by atomic mass is 35.5. The van der Waals surface area contributed by atoms with Gasteiger partial charge in [0.1, 0.15) is 5.82 Å². The van der Waals surface area contributed by atoms with E-state index in [0.29, 0.717) is 10.6 Å². The molecule has 21 heavy (non-hydrogen) atoms. The molecule has 2 aromatic rings. The van der Waals surface area contributed by atoms with Crippen LogP contribution in [0, 0.1) is 5.82 Å². The standard InChI is InChI=1S/C18H18ClFO/c1-2-3-5-13-8-10-14(11-9-13)18(21)12-15-16(19)6-4-7-17(15)20/h4,6-11H,2-3,5,12H2,1H3. The maximum absolute atomic E-state index is 13.7. The lowest BCUT2D eigenvalue weighted by molar-refractivity contribution is 0.0992. The number of unbranched alkanes of at least 4 members (excludes halogenated alkanes) is 1. The van der Waals surface area contributed by atoms with Crippen molar-refractivity contribution in [2.24, 2.45) is 0 Å². The van der Waals surface area contributed by atoms with Crippen LogP contribution < -0.4 is 0 Å². The highest BCUT2D eigenvalue weighted by Gasteiger charge is 2.13. The molecule has 0 spiro atoms. The second-order valence-electron chi connectivity index (χ2n) is 5.10. The zero-order valence-corrected chi connectivity index (χ0v) is 12.8. The van der Waals surface area contributed by atoms with Crippen LogP contribution in [0.3, 0.4) is 0 Å². The van der Waals surface area contributed by atoms with Gasteiger partial charge in [-0.1, -0.05) is 55.3 Å². The van der Waals surface area contributed by atoms with Gasteiger partial charge < -0.3 is 0 Å². The number of halogens is 2. The van der Waals surface area contributed by atoms with Crippen molar-refractivity contribution in [2.45, 2.75) is 32.6 Å². The van der Waals surface area contributed by atoms with Gasteiger partial charge in [0, 0.05) is 22.6 Å². The summed E-state index contributed by atoms with van der Waals surface area (Å²) in [4.78, 5) is 12.2. The molecule has 3 heteroatoms. The molecule has 0 bridgehead atoms. The molecule has 0 saturated carbocycles. The summed E-state index contributed by atoms with van der Waals surface area (Å²) in [6, 6.07) is 12.0. The minimum absolute atomic E-state index is 0.0141. The molecule has 0 unspecified atom stereocenters. The molecule has 1 nitrogen and oxygen atoms in total. The predicted octanol–water partition coefficient (Wildman–Crippen LogP) is 5.25. The van der Waals surface area contributed by atoms with Crippen LogP contribution in [-0.4, -0.2) is 5.78 Å². The first kappa shape index (κ1) is 15.7. The van der Waals surface area contributed by atoms with Crippen molar-refractivity contribution in [1.29, 1.82) is 0 Å². The van der Waals surface area contributed by atoms with Gasteiger partial charge in [-0.3, -0.25) is 4.79 Å². The third-order valence-electron chi connectivity index (χ3n) is 3.49. The van der Waals surface area contributed by atoms with Gasteiger partial charge in [-0.2, -0.15) is 0 Å². The summed E-state index contributed by atoms with van der Waals surface area (Å²) in [7, 11) is 0. The average molecular weight is 305 g/mol. The zero-order chi connectivity index (χ0) is 15.2. The molecule has 0 heterocycles. The van der Waals surface area contributed by atoms with Gasteiger partial charge in [-0.15, -0.1) is 0 Å². The fourth-order valence-corrected chi connectivity index (χ4v) is 2.43. The van der Waals surface area contributed by atoms with Crippen molar-refractivity contribution >= 4 is 17.4 Å². The van der Waals surface area contributed by atoms with Gasteiger partial charge in [-0.25, -0.2) is 4.39 Å². The molecule has 0 fully saturated rings. The van der Waals surface area contributed by atoms with Crippen LogP contribution in [0.5, 0.6) is 0 Å². The van der Waals surface area contributed by atoms with Gasteiger partial charge in [0.2, 0.25) is 0 Å². The van der Waals surface area contributed by atoms with Gasteiger partial charge in [-0.05, 0) is 30.5 Å². The van der Waals surface area contributed by atoms with E-state index in [4.69, 9.17) is 11.6 Å². The summed E-state index contributed by atoms with van der Waals surface area (Å²) in [6.45, 7) is 2.15. The molecular weight excluding hydrogens is 287 g/mol. The zero-order valence-electron chi connectivity index (χ0n) is 12.0. The molecule has 0 aliphatic carbocycles. The van der Waals surface area contributed by atoms with Crippen LogP contribution in [0.25, 0.3) is 0 Å². The van der Waals surface area contributed by atoms with Gasteiger partial charge >= 0.3 is 0 Å². The number of ketones is 1. The maximum atomic E-state index is 13.7. The molecule has 110 valence electrons. The lowest BCUT2D eigenvalue weighted by Gasteiger charge is -2.06. The molecule has 0 aromatic heterocycles. The Morgan fingerprint density at radius 3 is 2.48 bits per heavy atom. The Balaban J connectivity index is 2.10. The summed E-state index contributed by atoms with van der Waals surface area (Å²) < 4.78 is 13.7. The Hall–Kier alpha value is -1.67. The van der Waals surface area contributed by atoms with Crippen LogP contribution in [0.4, 0.5) is 4.39 Å². The number of rotatable bonds is 6. The quantitative estimate of drug-likeness (QED) is 0.666. The van der Waals surface area contributed by atoms with Crippen molar-refractivity contribution in [1.82, 2.24) is 0 Å². The van der Waals surface area contributed by atoms with Crippen molar-refractivity contribution in [2.75, 3.05) is 0 Å². The number of Topliss-reactive ketones (excluding diaryl/α,β-unsaturated/α-hetero) is 1. The number of benzene rings is 2. The SMILES string of the molecule is CCCCc1ccc(C(=O)Cc2c(F)cccc2Cl)cc1. The molecule has 0 saturated heterocycles. The predicted molar refractivity (Wildman–Crippen MR) is 84.5 cm³/mol. The number of carbonyl (C=O) groups is 1. The Labute approximate surface area is 129 Å². The van der Waals surface area contributed by atoms with E-state index in [-0.39, 0.29) is 17.8 Å². The van der Waals surface area contributed by atoms with Crippen LogP contribution in [0.2, 0.25) is 5.02 Å². The third kappa shape index (κ3) is 4.15. The molecular formula is C18H18ClFO. The molecule has 2 aromatic carbocycles. The summed E-state index contributed by atoms with van der Waals surface area (Å²) in [6.07, 6.45) is 3.29. The topological polar surface area (TPSA) is 17.1 Å². The lowest BCUT2D eigenvalue weighted by atomic mass is 10.00. The van der Waals surface area contributed by atoms with E-state index in [0.717, 1.165) is 19.3 Å². The van der Waals surface area contributed by atoms with Crippen molar-refractivity contribution in [3.05, 3.63) is 70.0 Å². The molecule has 0 aliphatic rings. The van der Waals surface area contributed by atoms with Gasteiger partial charge in [0.15, 0.2) is 5.78 Å². The molecule has 0 amide bonds. The maximum Gasteiger partial charge on any atom is 0.167 e. The van der Waals surface area contributed by atoms with E-state index in [1.165, 1.54) is 17.7 Å². The van der Waals surface area contributed by atoms with Crippen LogP contribution in [0.1, 0.15) is 41.3 Å². The first-order chi connectivity index (χ1) is 10.1. The van der Waals surface area contributed by atoms with Crippen molar-refractivity contribution < 1.29 is 9.18 Å². The highest BCUT2D eigenvalue weighted by Crippen LogP contribution is 2.21. The average Bonchev–Trinajstić information content (AvgIpc) is 2.49. The number of hydrogen-bond acceptors (Lipinski definition) is 1. The number of carbonyl (C=O) groups excluding carboxylic acids is 1. The van der Waals surface area contributed by atoms with Crippen molar-refractivity contribution in [3.8, 4) is 0 Å². The third-order valence-corrected chi connectivity index (χ3v) is 3.85. The molecule has 2 rings (SSSR count). The van der Waals surface area contributed by atoms with Gasteiger partial charge in [0.25, 0.3) is 0 Å². The monoisotopic (exact) mass is 304 g/mol. The van der Waals surface area contributed by atoms with Crippen molar-refractivity contribution in [3.63, 3.8) is 0 Å². The Bertz CT molecular complexity index is 599. The second-order valence-corrected chi connectivity index (χ2v) is 5.51. The smallest absolute Gasteiger partial charge is 0.167 e. The van der Waals surface area contributed by atoms with E-state index in [9.17, 15) is 9.18 Å². The van der Waals surface area contributed by atoms with E-state index in [2.05, 4.69) is 6.92 Å². The Kier molecular flexibility index (Phi) is 5.51. The summed E-state index contributed by atoms with van der Waals surface area (Å²) in [5.41, 5.74) is 2.08. The Morgan fingerprint density at radius 1 is 1.14 bits per heavy atom. The van der Waals surface area contributed by atoms with E-state index in [1.807, 2.05) is 24.3 Å². The van der Waals surface area contributed by atoms with Crippen LogP contribution in [-0.2, 0) is 12.8 Å². The summed E-state index contributed by atoms with van der Waals surface area (Å²) >= 11 is 5.95. The second kappa shape index (κ2) is 7.37. The normalized spacial score (nSPS) is 10.6. The van der Waals surface area contributed by atoms with E-state index >= 15 is 0 Å². The van der Waals surface area contributed by atoms with Gasteiger partial charge in [0.05, 0.1) is 0 Å². The first-order valence-corrected chi connectivity index (χ1v) is 7.54. The molecule has 0 N–H and O–H groups in total.